The second-order valence-corrected chi connectivity index (χ2v) is 9.65. The average molecular weight is 633 g/mol. The summed E-state index contributed by atoms with van der Waals surface area (Å²) >= 11 is 6.08. The summed E-state index contributed by atoms with van der Waals surface area (Å²) in [5.41, 5.74) is -3.51. The fraction of sp³-hybridized carbons (Fsp3) is 0.207. The van der Waals surface area contributed by atoms with Crippen molar-refractivity contribution in [3.05, 3.63) is 115 Å². The number of carbonyl (C=O) groups is 1. The second kappa shape index (κ2) is 13.0. The van der Waals surface area contributed by atoms with Crippen molar-refractivity contribution >= 4 is 29.1 Å². The number of nitrogens with zero attached hydrogens (tertiary/aromatic N) is 4. The molecule has 0 aliphatic heterocycles. The lowest BCUT2D eigenvalue weighted by Gasteiger charge is -2.26. The van der Waals surface area contributed by atoms with Crippen LogP contribution in [0.25, 0.3) is 5.69 Å². The van der Waals surface area contributed by atoms with Gasteiger partial charge >= 0.3 is 12.1 Å². The number of methoxy groups -OCH3 is 3. The number of esters is 1. The lowest BCUT2D eigenvalue weighted by Crippen LogP contribution is -2.33. The van der Waals surface area contributed by atoms with Crippen molar-refractivity contribution in [2.75, 3.05) is 26.2 Å². The van der Waals surface area contributed by atoms with Crippen molar-refractivity contribution in [3.63, 3.8) is 0 Å². The molecular weight excluding hydrogens is 609 g/mol. The van der Waals surface area contributed by atoms with E-state index in [4.69, 9.17) is 25.8 Å². The Morgan fingerprint density at radius 2 is 1.50 bits per heavy atom. The van der Waals surface area contributed by atoms with Crippen LogP contribution >= 0.6 is 11.6 Å². The number of carbonyl (C=O) groups excluding carboxylic acids is 1. The van der Waals surface area contributed by atoms with Crippen molar-refractivity contribution in [1.82, 2.24) is 9.55 Å². The number of halogens is 4. The molecule has 11 nitrogen and oxygen atoms in total. The van der Waals surface area contributed by atoms with Gasteiger partial charge in [0.15, 0.2) is 11.4 Å². The van der Waals surface area contributed by atoms with Crippen LogP contribution in [-0.2, 0) is 24.0 Å². The normalized spacial score (nSPS) is 11.2. The Morgan fingerprint density at radius 3 is 1.93 bits per heavy atom. The molecule has 44 heavy (non-hydrogen) atoms. The number of rotatable bonds is 10. The minimum Gasteiger partial charge on any atom is -0.497 e. The first-order valence-electron chi connectivity index (χ1n) is 12.6. The van der Waals surface area contributed by atoms with E-state index in [1.165, 1.54) is 14.2 Å². The monoisotopic (exact) mass is 632 g/mol. The SMILES string of the molecule is COC(=O)c1c(N(Cc2ccc(OC)cc2)Cc2ccc(OC)cc2)ncn(-c2c(Cl)cc(C(F)(F)F)cc2[N+](=O)[O-])c1=O. The van der Waals surface area contributed by atoms with E-state index >= 15 is 0 Å². The summed E-state index contributed by atoms with van der Waals surface area (Å²) in [5.74, 6) is -0.0784. The molecule has 0 atom stereocenters. The van der Waals surface area contributed by atoms with E-state index in [0.717, 1.165) is 24.6 Å². The van der Waals surface area contributed by atoms with Crippen LogP contribution in [0.4, 0.5) is 24.7 Å². The highest BCUT2D eigenvalue weighted by molar-refractivity contribution is 6.33. The third kappa shape index (κ3) is 6.75. The molecule has 1 heterocycles. The first kappa shape index (κ1) is 31.8. The van der Waals surface area contributed by atoms with Gasteiger partial charge in [-0.05, 0) is 41.5 Å². The molecule has 0 saturated carbocycles. The van der Waals surface area contributed by atoms with E-state index < -0.39 is 50.2 Å². The quantitative estimate of drug-likeness (QED) is 0.121. The van der Waals surface area contributed by atoms with Gasteiger partial charge in [-0.2, -0.15) is 13.2 Å². The number of benzene rings is 3. The molecule has 0 fully saturated rings. The second-order valence-electron chi connectivity index (χ2n) is 9.24. The van der Waals surface area contributed by atoms with Gasteiger partial charge in [0.05, 0.1) is 36.8 Å². The number of ether oxygens (including phenoxy) is 3. The summed E-state index contributed by atoms with van der Waals surface area (Å²) in [6, 6.07) is 14.7. The van der Waals surface area contributed by atoms with Crippen LogP contribution in [0.3, 0.4) is 0 Å². The zero-order valence-corrected chi connectivity index (χ0v) is 24.2. The summed E-state index contributed by atoms with van der Waals surface area (Å²) in [6.07, 6.45) is -4.10. The summed E-state index contributed by atoms with van der Waals surface area (Å²) in [4.78, 5) is 43.5. The molecule has 0 N–H and O–H groups in total. The standard InChI is InChI=1S/C29H24ClF3N4O7/c1-42-20-8-4-17(5-9-20)14-35(15-18-6-10-21(43-2)11-7-18)26-24(28(39)44-3)27(38)36(16-34-26)25-22(30)12-19(29(31,32)33)13-23(25)37(40)41/h4-13,16H,14-15H2,1-3H3. The van der Waals surface area contributed by atoms with Crippen LogP contribution in [0.2, 0.25) is 5.02 Å². The van der Waals surface area contributed by atoms with Gasteiger partial charge in [0, 0.05) is 19.2 Å². The lowest BCUT2D eigenvalue weighted by molar-refractivity contribution is -0.384. The van der Waals surface area contributed by atoms with Crippen LogP contribution in [0.5, 0.6) is 11.5 Å². The summed E-state index contributed by atoms with van der Waals surface area (Å²) in [5, 5.41) is 11.1. The predicted molar refractivity (Wildman–Crippen MR) is 154 cm³/mol. The molecule has 3 aromatic carbocycles. The maximum Gasteiger partial charge on any atom is 0.416 e. The van der Waals surface area contributed by atoms with E-state index in [2.05, 4.69) is 4.98 Å². The van der Waals surface area contributed by atoms with Crippen LogP contribution in [0.15, 0.2) is 71.8 Å². The number of hydrogen-bond acceptors (Lipinski definition) is 9. The van der Waals surface area contributed by atoms with Crippen molar-refractivity contribution < 1.29 is 37.1 Å². The van der Waals surface area contributed by atoms with Crippen LogP contribution in [0.1, 0.15) is 27.0 Å². The molecule has 0 radical (unpaired) electrons. The number of nitro benzene ring substituents is 1. The Labute approximate surface area is 253 Å². The highest BCUT2D eigenvalue weighted by Crippen LogP contribution is 2.38. The maximum absolute atomic E-state index is 13.8. The Bertz CT molecular complexity index is 1700. The largest absolute Gasteiger partial charge is 0.497 e. The topological polar surface area (TPSA) is 126 Å². The van der Waals surface area contributed by atoms with Crippen LogP contribution < -0.4 is 19.9 Å². The molecule has 4 rings (SSSR count). The molecule has 0 aliphatic rings. The smallest absolute Gasteiger partial charge is 0.416 e. The van der Waals surface area contributed by atoms with Gasteiger partial charge in [0.25, 0.3) is 11.2 Å². The highest BCUT2D eigenvalue weighted by Gasteiger charge is 2.36. The highest BCUT2D eigenvalue weighted by atomic mass is 35.5. The number of hydrogen-bond donors (Lipinski definition) is 0. The summed E-state index contributed by atoms with van der Waals surface area (Å²) < 4.78 is 56.0. The molecule has 0 saturated heterocycles. The van der Waals surface area contributed by atoms with E-state index in [1.54, 1.807) is 53.4 Å². The third-order valence-electron chi connectivity index (χ3n) is 6.51. The van der Waals surface area contributed by atoms with Gasteiger partial charge in [-0.15, -0.1) is 0 Å². The first-order valence-corrected chi connectivity index (χ1v) is 13.0. The van der Waals surface area contributed by atoms with Crippen molar-refractivity contribution in [3.8, 4) is 17.2 Å². The van der Waals surface area contributed by atoms with E-state index in [9.17, 15) is 32.9 Å². The Balaban J connectivity index is 1.92. The average Bonchev–Trinajstić information content (AvgIpc) is 3.00. The molecule has 230 valence electrons. The van der Waals surface area contributed by atoms with Crippen LogP contribution in [0, 0.1) is 10.1 Å². The van der Waals surface area contributed by atoms with Gasteiger partial charge in [0.1, 0.15) is 23.5 Å². The first-order chi connectivity index (χ1) is 20.9. The molecule has 0 bridgehead atoms. The zero-order chi connectivity index (χ0) is 32.2. The number of nitro groups is 1. The molecule has 0 unspecified atom stereocenters. The van der Waals surface area contributed by atoms with Gasteiger partial charge in [-0.25, -0.2) is 9.78 Å². The lowest BCUT2D eigenvalue weighted by atomic mass is 10.1. The maximum atomic E-state index is 13.8. The van der Waals surface area contributed by atoms with Crippen molar-refractivity contribution in [2.45, 2.75) is 19.3 Å². The fourth-order valence-electron chi connectivity index (χ4n) is 4.36. The molecule has 0 aliphatic carbocycles. The van der Waals surface area contributed by atoms with E-state index in [0.29, 0.717) is 22.1 Å². The minimum absolute atomic E-state index is 0.123. The Kier molecular flexibility index (Phi) is 9.43. The Hall–Kier alpha value is -5.11. The van der Waals surface area contributed by atoms with Crippen molar-refractivity contribution in [2.24, 2.45) is 0 Å². The molecular formula is C29H24ClF3N4O7. The number of aromatic nitrogens is 2. The Morgan fingerprint density at radius 1 is 0.977 bits per heavy atom. The van der Waals surface area contributed by atoms with Gasteiger partial charge in [0.2, 0.25) is 0 Å². The molecule has 4 aromatic rings. The predicted octanol–water partition coefficient (Wildman–Crippen LogP) is 5.82. The van der Waals surface area contributed by atoms with E-state index in [1.807, 2.05) is 0 Å². The molecule has 0 amide bonds. The van der Waals surface area contributed by atoms with Gasteiger partial charge in [-0.1, -0.05) is 35.9 Å². The van der Waals surface area contributed by atoms with Crippen LogP contribution in [-0.4, -0.2) is 41.8 Å². The van der Waals surface area contributed by atoms with Gasteiger partial charge < -0.3 is 19.1 Å². The third-order valence-corrected chi connectivity index (χ3v) is 6.80. The minimum atomic E-state index is -4.96. The van der Waals surface area contributed by atoms with Crippen molar-refractivity contribution in [1.29, 1.82) is 0 Å². The van der Waals surface area contributed by atoms with E-state index in [-0.39, 0.29) is 25.0 Å². The summed E-state index contributed by atoms with van der Waals surface area (Å²) in [7, 11) is 4.05. The fourth-order valence-corrected chi connectivity index (χ4v) is 4.66. The zero-order valence-electron chi connectivity index (χ0n) is 23.4. The van der Waals surface area contributed by atoms with Gasteiger partial charge in [-0.3, -0.25) is 19.5 Å². The molecule has 15 heteroatoms. The number of anilines is 1. The summed E-state index contributed by atoms with van der Waals surface area (Å²) in [6.45, 7) is 0.245. The number of alkyl halides is 3. The molecule has 1 aromatic heterocycles. The molecule has 0 spiro atoms.